The average Bonchev–Trinajstić information content (AvgIpc) is 2.34. The van der Waals surface area contributed by atoms with Crippen molar-refractivity contribution in [1.82, 2.24) is 4.90 Å². The summed E-state index contributed by atoms with van der Waals surface area (Å²) in [5.41, 5.74) is 0.926. The Kier molecular flexibility index (Phi) is 1.81. The molecule has 2 aliphatic rings. The van der Waals surface area contributed by atoms with E-state index in [1.165, 1.54) is 6.42 Å². The summed E-state index contributed by atoms with van der Waals surface area (Å²) >= 11 is 0. The zero-order valence-corrected chi connectivity index (χ0v) is 9.17. The van der Waals surface area contributed by atoms with Gasteiger partial charge in [0.15, 0.2) is 0 Å². The lowest BCUT2D eigenvalue weighted by molar-refractivity contribution is 0.182. The molecule has 0 aromatic heterocycles. The molecule has 3 unspecified atom stereocenters. The summed E-state index contributed by atoms with van der Waals surface area (Å²) in [7, 11) is 2.14. The zero-order valence-electron chi connectivity index (χ0n) is 9.17. The van der Waals surface area contributed by atoms with Crippen molar-refractivity contribution in [3.8, 4) is 0 Å². The number of β-amino-alcohol motifs (C(OH)–C–C–N with tert-alkyl or cyclic N) is 1. The lowest BCUT2D eigenvalue weighted by Crippen LogP contribution is -2.34. The molecule has 0 radical (unpaired) electrons. The van der Waals surface area contributed by atoms with Crippen molar-refractivity contribution in [2.45, 2.75) is 45.8 Å². The van der Waals surface area contributed by atoms with Crippen LogP contribution in [0.5, 0.6) is 0 Å². The van der Waals surface area contributed by atoms with Gasteiger partial charge in [0.2, 0.25) is 0 Å². The third-order valence-corrected chi connectivity index (χ3v) is 4.49. The van der Waals surface area contributed by atoms with Crippen LogP contribution in [-0.4, -0.2) is 35.7 Å². The summed E-state index contributed by atoms with van der Waals surface area (Å²) in [4.78, 5) is 2.33. The SMILES string of the molecule is CN1CC(O)CC1C1(C)CC1(C)C. The minimum absolute atomic E-state index is 0.0942. The van der Waals surface area contributed by atoms with E-state index in [1.807, 2.05) is 0 Å². The predicted octanol–water partition coefficient (Wildman–Crippen LogP) is 1.49. The topological polar surface area (TPSA) is 23.5 Å². The van der Waals surface area contributed by atoms with Crippen molar-refractivity contribution in [2.75, 3.05) is 13.6 Å². The monoisotopic (exact) mass is 183 g/mol. The molecule has 0 bridgehead atoms. The number of likely N-dealkylation sites (N-methyl/N-ethyl adjacent to an activating group) is 1. The second-order valence-corrected chi connectivity index (χ2v) is 5.82. The quantitative estimate of drug-likeness (QED) is 0.665. The summed E-state index contributed by atoms with van der Waals surface area (Å²) in [5.74, 6) is 0. The zero-order chi connectivity index (χ0) is 9.85. The van der Waals surface area contributed by atoms with E-state index in [1.54, 1.807) is 0 Å². The number of hydrogen-bond donors (Lipinski definition) is 1. The molecular formula is C11H21NO. The summed E-state index contributed by atoms with van der Waals surface area (Å²) in [6.45, 7) is 7.90. The van der Waals surface area contributed by atoms with E-state index in [-0.39, 0.29) is 6.10 Å². The maximum Gasteiger partial charge on any atom is 0.0682 e. The number of likely N-dealkylation sites (tertiary alicyclic amines) is 1. The highest BCUT2D eigenvalue weighted by Crippen LogP contribution is 2.67. The van der Waals surface area contributed by atoms with Gasteiger partial charge in [0.1, 0.15) is 0 Å². The molecule has 3 atom stereocenters. The van der Waals surface area contributed by atoms with Gasteiger partial charge in [-0.3, -0.25) is 0 Å². The third kappa shape index (κ3) is 1.23. The van der Waals surface area contributed by atoms with Crippen LogP contribution in [0.4, 0.5) is 0 Å². The number of aliphatic hydroxyl groups is 1. The second-order valence-electron chi connectivity index (χ2n) is 5.82. The van der Waals surface area contributed by atoms with E-state index in [0.717, 1.165) is 13.0 Å². The molecule has 2 fully saturated rings. The van der Waals surface area contributed by atoms with Crippen molar-refractivity contribution >= 4 is 0 Å². The fourth-order valence-corrected chi connectivity index (χ4v) is 3.16. The second kappa shape index (κ2) is 2.48. The van der Waals surface area contributed by atoms with Crippen LogP contribution in [0, 0.1) is 10.8 Å². The van der Waals surface area contributed by atoms with Crippen LogP contribution >= 0.6 is 0 Å². The van der Waals surface area contributed by atoms with E-state index in [0.29, 0.717) is 16.9 Å². The minimum atomic E-state index is -0.0942. The van der Waals surface area contributed by atoms with Crippen LogP contribution in [0.25, 0.3) is 0 Å². The molecular weight excluding hydrogens is 162 g/mol. The van der Waals surface area contributed by atoms with Gasteiger partial charge >= 0.3 is 0 Å². The summed E-state index contributed by atoms with van der Waals surface area (Å²) in [6, 6.07) is 0.595. The van der Waals surface area contributed by atoms with Crippen LogP contribution in [0.15, 0.2) is 0 Å². The van der Waals surface area contributed by atoms with Gasteiger partial charge in [-0.2, -0.15) is 0 Å². The van der Waals surface area contributed by atoms with E-state index in [4.69, 9.17) is 0 Å². The first-order chi connectivity index (χ1) is 5.87. The first-order valence-corrected chi connectivity index (χ1v) is 5.25. The smallest absolute Gasteiger partial charge is 0.0682 e. The molecule has 1 aliphatic carbocycles. The van der Waals surface area contributed by atoms with E-state index in [9.17, 15) is 5.11 Å². The van der Waals surface area contributed by atoms with Crippen LogP contribution in [0.2, 0.25) is 0 Å². The molecule has 1 saturated heterocycles. The Balaban J connectivity index is 2.11. The van der Waals surface area contributed by atoms with Crippen LogP contribution in [-0.2, 0) is 0 Å². The third-order valence-electron chi connectivity index (χ3n) is 4.49. The van der Waals surface area contributed by atoms with Gasteiger partial charge in [0, 0.05) is 12.6 Å². The molecule has 0 aromatic rings. The van der Waals surface area contributed by atoms with Gasteiger partial charge in [-0.05, 0) is 30.7 Å². The Bertz CT molecular complexity index is 226. The molecule has 1 heterocycles. The van der Waals surface area contributed by atoms with Crippen molar-refractivity contribution in [2.24, 2.45) is 10.8 Å². The molecule has 0 amide bonds. The Morgan fingerprint density at radius 2 is 1.85 bits per heavy atom. The summed E-state index contributed by atoms with van der Waals surface area (Å²) in [5, 5.41) is 9.59. The number of hydrogen-bond acceptors (Lipinski definition) is 2. The van der Waals surface area contributed by atoms with Gasteiger partial charge in [-0.25, -0.2) is 0 Å². The maximum absolute atomic E-state index is 9.59. The predicted molar refractivity (Wildman–Crippen MR) is 53.5 cm³/mol. The van der Waals surface area contributed by atoms with Gasteiger partial charge < -0.3 is 10.0 Å². The summed E-state index contributed by atoms with van der Waals surface area (Å²) < 4.78 is 0. The minimum Gasteiger partial charge on any atom is -0.392 e. The van der Waals surface area contributed by atoms with Crippen LogP contribution < -0.4 is 0 Å². The normalized spacial score (nSPS) is 49.6. The Morgan fingerprint density at radius 3 is 2.15 bits per heavy atom. The molecule has 2 nitrogen and oxygen atoms in total. The van der Waals surface area contributed by atoms with Gasteiger partial charge in [-0.15, -0.1) is 0 Å². The Morgan fingerprint density at radius 1 is 1.31 bits per heavy atom. The van der Waals surface area contributed by atoms with Crippen molar-refractivity contribution in [3.05, 3.63) is 0 Å². The number of aliphatic hydroxyl groups excluding tert-OH is 1. The van der Waals surface area contributed by atoms with Gasteiger partial charge in [0.05, 0.1) is 6.10 Å². The molecule has 0 spiro atoms. The molecule has 0 aromatic carbocycles. The van der Waals surface area contributed by atoms with E-state index >= 15 is 0 Å². The highest BCUT2D eigenvalue weighted by atomic mass is 16.3. The van der Waals surface area contributed by atoms with Crippen LogP contribution in [0.3, 0.4) is 0 Å². The molecule has 2 heteroatoms. The largest absolute Gasteiger partial charge is 0.392 e. The Labute approximate surface area is 80.9 Å². The number of nitrogens with zero attached hydrogens (tertiary/aromatic N) is 1. The van der Waals surface area contributed by atoms with E-state index < -0.39 is 0 Å². The molecule has 1 N–H and O–H groups in total. The van der Waals surface area contributed by atoms with Crippen molar-refractivity contribution < 1.29 is 5.11 Å². The lowest BCUT2D eigenvalue weighted by Gasteiger charge is -2.28. The Hall–Kier alpha value is -0.0800. The van der Waals surface area contributed by atoms with Gasteiger partial charge in [0.25, 0.3) is 0 Å². The highest BCUT2D eigenvalue weighted by Gasteiger charge is 2.63. The molecule has 13 heavy (non-hydrogen) atoms. The van der Waals surface area contributed by atoms with Crippen LogP contribution in [0.1, 0.15) is 33.6 Å². The van der Waals surface area contributed by atoms with Crippen molar-refractivity contribution in [1.29, 1.82) is 0 Å². The van der Waals surface area contributed by atoms with E-state index in [2.05, 4.69) is 32.7 Å². The van der Waals surface area contributed by atoms with Gasteiger partial charge in [-0.1, -0.05) is 20.8 Å². The maximum atomic E-state index is 9.59. The first-order valence-electron chi connectivity index (χ1n) is 5.25. The lowest BCUT2D eigenvalue weighted by atomic mass is 9.88. The average molecular weight is 183 g/mol. The first kappa shape index (κ1) is 9.47. The van der Waals surface area contributed by atoms with Crippen molar-refractivity contribution in [3.63, 3.8) is 0 Å². The fourth-order valence-electron chi connectivity index (χ4n) is 3.16. The fraction of sp³-hybridized carbons (Fsp3) is 1.00. The highest BCUT2D eigenvalue weighted by molar-refractivity contribution is 5.14. The molecule has 2 rings (SSSR count). The molecule has 1 aliphatic heterocycles. The standard InChI is InChI=1S/C11H21NO/c1-10(2)7-11(10,3)9-5-8(13)6-12(9)4/h8-9,13H,5-7H2,1-4H3. The molecule has 1 saturated carbocycles. The number of rotatable bonds is 1. The molecule has 76 valence electrons. The summed E-state index contributed by atoms with van der Waals surface area (Å²) in [6.07, 6.45) is 2.18.